The van der Waals surface area contributed by atoms with Crippen LogP contribution in [0.2, 0.25) is 0 Å². The lowest BCUT2D eigenvalue weighted by molar-refractivity contribution is 0.0615. The SMILES string of the molecule is COc1ccc2oc(C)c(C(=O)N3CCN(Cc4nc(-c5ccc(C)cc5)no4)CC3)c2c1. The maximum atomic E-state index is 13.3. The van der Waals surface area contributed by atoms with Gasteiger partial charge < -0.3 is 18.6 Å². The molecule has 0 spiro atoms. The molecule has 0 aliphatic carbocycles. The molecule has 8 nitrogen and oxygen atoms in total. The molecule has 0 atom stereocenters. The van der Waals surface area contributed by atoms with Crippen LogP contribution in [0.5, 0.6) is 5.75 Å². The smallest absolute Gasteiger partial charge is 0.258 e. The van der Waals surface area contributed by atoms with Crippen molar-refractivity contribution in [2.45, 2.75) is 20.4 Å². The average molecular weight is 447 g/mol. The molecule has 2 aromatic heterocycles. The minimum absolute atomic E-state index is 0.0152. The molecule has 1 aliphatic rings. The van der Waals surface area contributed by atoms with E-state index in [1.165, 1.54) is 5.56 Å². The van der Waals surface area contributed by atoms with Crippen molar-refractivity contribution in [1.82, 2.24) is 19.9 Å². The average Bonchev–Trinajstić information content (AvgIpc) is 3.42. The van der Waals surface area contributed by atoms with Gasteiger partial charge in [0.1, 0.15) is 17.1 Å². The number of methoxy groups -OCH3 is 1. The van der Waals surface area contributed by atoms with E-state index in [0.717, 1.165) is 24.0 Å². The summed E-state index contributed by atoms with van der Waals surface area (Å²) in [6, 6.07) is 13.6. The third kappa shape index (κ3) is 4.21. The van der Waals surface area contributed by atoms with Crippen molar-refractivity contribution in [2.24, 2.45) is 0 Å². The van der Waals surface area contributed by atoms with E-state index in [0.29, 0.717) is 54.0 Å². The molecule has 0 bridgehead atoms. The standard InChI is InChI=1S/C25H26N4O4/c1-16-4-6-18(7-5-16)24-26-22(33-27-24)15-28-10-12-29(13-11-28)25(30)23-17(2)32-21-9-8-19(31-3)14-20(21)23/h4-9,14H,10-13,15H2,1-3H3. The number of carbonyl (C=O) groups excluding carboxylic acids is 1. The van der Waals surface area contributed by atoms with Crippen LogP contribution in [0.25, 0.3) is 22.4 Å². The zero-order valence-corrected chi connectivity index (χ0v) is 19.0. The highest BCUT2D eigenvalue weighted by Crippen LogP contribution is 2.30. The van der Waals surface area contributed by atoms with Crippen molar-refractivity contribution in [2.75, 3.05) is 33.3 Å². The summed E-state index contributed by atoms with van der Waals surface area (Å²) in [4.78, 5) is 21.9. The number of rotatable bonds is 5. The monoisotopic (exact) mass is 446 g/mol. The summed E-state index contributed by atoms with van der Waals surface area (Å²) < 4.78 is 16.6. The van der Waals surface area contributed by atoms with Gasteiger partial charge in [-0.05, 0) is 32.0 Å². The number of benzene rings is 2. The van der Waals surface area contributed by atoms with Crippen LogP contribution in [0.15, 0.2) is 51.4 Å². The second-order valence-corrected chi connectivity index (χ2v) is 8.34. The molecule has 1 aliphatic heterocycles. The van der Waals surface area contributed by atoms with E-state index in [4.69, 9.17) is 13.7 Å². The number of aryl methyl sites for hydroxylation is 2. The summed E-state index contributed by atoms with van der Waals surface area (Å²) in [7, 11) is 1.61. The number of fused-ring (bicyclic) bond motifs is 1. The van der Waals surface area contributed by atoms with Crippen molar-refractivity contribution in [3.63, 3.8) is 0 Å². The quantitative estimate of drug-likeness (QED) is 0.457. The zero-order chi connectivity index (χ0) is 22.9. The van der Waals surface area contributed by atoms with Gasteiger partial charge in [0.05, 0.1) is 19.2 Å². The van der Waals surface area contributed by atoms with Crippen LogP contribution in [-0.2, 0) is 6.54 Å². The second-order valence-electron chi connectivity index (χ2n) is 8.34. The normalized spacial score (nSPS) is 14.7. The fourth-order valence-corrected chi connectivity index (χ4v) is 4.19. The van der Waals surface area contributed by atoms with Crippen LogP contribution in [0.4, 0.5) is 0 Å². The molecule has 8 heteroatoms. The molecule has 1 amide bonds. The largest absolute Gasteiger partial charge is 0.497 e. The van der Waals surface area contributed by atoms with Gasteiger partial charge in [0, 0.05) is 37.1 Å². The van der Waals surface area contributed by atoms with Crippen LogP contribution in [0, 0.1) is 13.8 Å². The van der Waals surface area contributed by atoms with Gasteiger partial charge in [-0.2, -0.15) is 4.98 Å². The highest BCUT2D eigenvalue weighted by molar-refractivity contribution is 6.07. The first-order valence-corrected chi connectivity index (χ1v) is 11.0. The number of aromatic nitrogens is 2. The number of furan rings is 1. The molecule has 0 radical (unpaired) electrons. The lowest BCUT2D eigenvalue weighted by Crippen LogP contribution is -2.48. The molecule has 4 aromatic rings. The number of nitrogens with zero attached hydrogens (tertiary/aromatic N) is 4. The first-order chi connectivity index (χ1) is 16.0. The molecule has 1 saturated heterocycles. The number of hydrogen-bond donors (Lipinski definition) is 0. The van der Waals surface area contributed by atoms with Gasteiger partial charge in [-0.25, -0.2) is 0 Å². The summed E-state index contributed by atoms with van der Waals surface area (Å²) in [5, 5.41) is 4.90. The maximum absolute atomic E-state index is 13.3. The summed E-state index contributed by atoms with van der Waals surface area (Å²) >= 11 is 0. The highest BCUT2D eigenvalue weighted by atomic mass is 16.5. The van der Waals surface area contributed by atoms with Gasteiger partial charge in [0.25, 0.3) is 5.91 Å². The van der Waals surface area contributed by atoms with Gasteiger partial charge in [-0.3, -0.25) is 9.69 Å². The van der Waals surface area contributed by atoms with Crippen LogP contribution in [-0.4, -0.2) is 59.1 Å². The Balaban J connectivity index is 1.24. The van der Waals surface area contributed by atoms with Crippen molar-refractivity contribution in [3.8, 4) is 17.1 Å². The second kappa shape index (κ2) is 8.71. The van der Waals surface area contributed by atoms with E-state index >= 15 is 0 Å². The lowest BCUT2D eigenvalue weighted by atomic mass is 10.1. The number of hydrogen-bond acceptors (Lipinski definition) is 7. The van der Waals surface area contributed by atoms with E-state index < -0.39 is 0 Å². The zero-order valence-electron chi connectivity index (χ0n) is 19.0. The van der Waals surface area contributed by atoms with Crippen LogP contribution >= 0.6 is 0 Å². The van der Waals surface area contributed by atoms with Crippen LogP contribution in [0.1, 0.15) is 27.6 Å². The number of piperazine rings is 1. The molecule has 5 rings (SSSR count). The summed E-state index contributed by atoms with van der Waals surface area (Å²) in [6.45, 7) is 7.13. The Morgan fingerprint density at radius 3 is 2.55 bits per heavy atom. The predicted molar refractivity (Wildman–Crippen MR) is 123 cm³/mol. The molecule has 1 fully saturated rings. The van der Waals surface area contributed by atoms with Crippen LogP contribution < -0.4 is 4.74 Å². The summed E-state index contributed by atoms with van der Waals surface area (Å²) in [5.74, 6) is 2.48. The molecule has 170 valence electrons. The van der Waals surface area contributed by atoms with E-state index in [1.807, 2.05) is 61.2 Å². The first-order valence-electron chi connectivity index (χ1n) is 11.0. The summed E-state index contributed by atoms with van der Waals surface area (Å²) in [6.07, 6.45) is 0. The predicted octanol–water partition coefficient (Wildman–Crippen LogP) is 4.07. The van der Waals surface area contributed by atoms with Gasteiger partial charge in [-0.1, -0.05) is 35.0 Å². The minimum atomic E-state index is -0.0152. The summed E-state index contributed by atoms with van der Waals surface area (Å²) in [5.41, 5.74) is 3.42. The number of amides is 1. The molecule has 0 saturated carbocycles. The first kappa shape index (κ1) is 21.2. The van der Waals surface area contributed by atoms with Gasteiger partial charge in [0.15, 0.2) is 0 Å². The van der Waals surface area contributed by atoms with Gasteiger partial charge in [-0.15, -0.1) is 0 Å². The topological polar surface area (TPSA) is 84.8 Å². The fourth-order valence-electron chi connectivity index (χ4n) is 4.19. The van der Waals surface area contributed by atoms with Crippen molar-refractivity contribution < 1.29 is 18.5 Å². The van der Waals surface area contributed by atoms with E-state index in [9.17, 15) is 4.79 Å². The number of carbonyl (C=O) groups is 1. The Morgan fingerprint density at radius 2 is 1.82 bits per heavy atom. The fraction of sp³-hybridized carbons (Fsp3) is 0.320. The van der Waals surface area contributed by atoms with Crippen molar-refractivity contribution in [3.05, 3.63) is 65.2 Å². The van der Waals surface area contributed by atoms with E-state index in [1.54, 1.807) is 7.11 Å². The molecule has 0 unspecified atom stereocenters. The minimum Gasteiger partial charge on any atom is -0.497 e. The third-order valence-electron chi connectivity index (χ3n) is 6.08. The van der Waals surface area contributed by atoms with Crippen molar-refractivity contribution in [1.29, 1.82) is 0 Å². The molecule has 2 aromatic carbocycles. The number of ether oxygens (including phenoxy) is 1. The molecule has 3 heterocycles. The van der Waals surface area contributed by atoms with Crippen molar-refractivity contribution >= 4 is 16.9 Å². The molecule has 0 N–H and O–H groups in total. The van der Waals surface area contributed by atoms with Gasteiger partial charge >= 0.3 is 0 Å². The van der Waals surface area contributed by atoms with Gasteiger partial charge in [0.2, 0.25) is 11.7 Å². The third-order valence-corrected chi connectivity index (χ3v) is 6.08. The van der Waals surface area contributed by atoms with E-state index in [2.05, 4.69) is 15.0 Å². The Hall–Kier alpha value is -3.65. The van der Waals surface area contributed by atoms with E-state index in [-0.39, 0.29) is 5.91 Å². The highest BCUT2D eigenvalue weighted by Gasteiger charge is 2.27. The Labute approximate surface area is 191 Å². The Morgan fingerprint density at radius 1 is 1.06 bits per heavy atom. The maximum Gasteiger partial charge on any atom is 0.258 e. The molecule has 33 heavy (non-hydrogen) atoms. The lowest BCUT2D eigenvalue weighted by Gasteiger charge is -2.33. The Kier molecular flexibility index (Phi) is 5.60. The molecular formula is C25H26N4O4. The Bertz CT molecular complexity index is 1280. The molecular weight excluding hydrogens is 420 g/mol. The van der Waals surface area contributed by atoms with Crippen LogP contribution in [0.3, 0.4) is 0 Å².